The lowest BCUT2D eigenvalue weighted by Crippen LogP contribution is -2.54. The molecule has 3 aliphatic rings. The van der Waals surface area contributed by atoms with Crippen molar-refractivity contribution in [3.63, 3.8) is 0 Å². The smallest absolute Gasteiger partial charge is 0.228 e. The maximum atomic E-state index is 13.2. The molecule has 1 aliphatic carbocycles. The number of hydrogen-bond acceptors (Lipinski definition) is 3. The molecule has 2 saturated heterocycles. The van der Waals surface area contributed by atoms with Crippen LogP contribution in [0.5, 0.6) is 0 Å². The van der Waals surface area contributed by atoms with E-state index in [-0.39, 0.29) is 5.41 Å². The van der Waals surface area contributed by atoms with Crippen molar-refractivity contribution in [2.24, 2.45) is 11.3 Å². The fourth-order valence-electron chi connectivity index (χ4n) is 4.57. The van der Waals surface area contributed by atoms with Gasteiger partial charge in [0.2, 0.25) is 5.91 Å². The molecular weight excluding hydrogens is 266 g/mol. The summed E-state index contributed by atoms with van der Waals surface area (Å²) in [4.78, 5) is 15.3. The number of carbonyl (C=O) groups excluding carboxylic acids is 1. The van der Waals surface area contributed by atoms with Crippen molar-refractivity contribution in [2.75, 3.05) is 26.3 Å². The van der Waals surface area contributed by atoms with Gasteiger partial charge in [-0.3, -0.25) is 4.79 Å². The number of amides is 1. The number of likely N-dealkylation sites (tertiary alicyclic amines) is 1. The van der Waals surface area contributed by atoms with Gasteiger partial charge in [0.05, 0.1) is 19.8 Å². The van der Waals surface area contributed by atoms with Crippen LogP contribution < -0.4 is 0 Å². The Labute approximate surface area is 128 Å². The number of ether oxygens (including phenoxy) is 2. The zero-order chi connectivity index (χ0) is 14.9. The minimum Gasteiger partial charge on any atom is -0.346 e. The minimum absolute atomic E-state index is 0.106. The van der Waals surface area contributed by atoms with Crippen LogP contribution in [-0.4, -0.2) is 42.9 Å². The van der Waals surface area contributed by atoms with Crippen LogP contribution in [0.25, 0.3) is 0 Å². The van der Waals surface area contributed by atoms with Crippen molar-refractivity contribution in [3.8, 4) is 0 Å². The minimum atomic E-state index is -0.495. The molecule has 2 heterocycles. The Bertz CT molecular complexity index is 381. The van der Waals surface area contributed by atoms with Crippen molar-refractivity contribution in [2.45, 2.75) is 64.6 Å². The summed E-state index contributed by atoms with van der Waals surface area (Å²) in [5.41, 5.74) is -0.106. The summed E-state index contributed by atoms with van der Waals surface area (Å²) in [5.74, 6) is 0.447. The van der Waals surface area contributed by atoms with E-state index < -0.39 is 5.79 Å². The summed E-state index contributed by atoms with van der Waals surface area (Å²) >= 11 is 0. The van der Waals surface area contributed by atoms with Crippen LogP contribution >= 0.6 is 0 Å². The fourth-order valence-corrected chi connectivity index (χ4v) is 4.57. The molecule has 3 rings (SSSR count). The van der Waals surface area contributed by atoms with Crippen LogP contribution in [0.2, 0.25) is 0 Å². The highest BCUT2D eigenvalue weighted by molar-refractivity contribution is 5.83. The summed E-state index contributed by atoms with van der Waals surface area (Å²) in [6.07, 6.45) is 7.47. The molecule has 2 aliphatic heterocycles. The Kier molecular flexibility index (Phi) is 4.28. The number of piperidine rings is 1. The number of nitrogens with zero attached hydrogens (tertiary/aromatic N) is 1. The Morgan fingerprint density at radius 1 is 1.10 bits per heavy atom. The molecule has 0 aromatic rings. The molecule has 1 saturated carbocycles. The summed E-state index contributed by atoms with van der Waals surface area (Å²) in [6, 6.07) is 0. The SMILES string of the molecule is CC(C)CC1(C(=O)N2CCCC3(C2)OCCO3)CCCC1. The lowest BCUT2D eigenvalue weighted by atomic mass is 9.77. The quantitative estimate of drug-likeness (QED) is 0.803. The van der Waals surface area contributed by atoms with E-state index in [0.29, 0.717) is 31.6 Å². The molecule has 4 nitrogen and oxygen atoms in total. The maximum absolute atomic E-state index is 13.2. The van der Waals surface area contributed by atoms with Gasteiger partial charge in [0.1, 0.15) is 0 Å². The Morgan fingerprint density at radius 2 is 1.76 bits per heavy atom. The van der Waals surface area contributed by atoms with Crippen LogP contribution in [0.3, 0.4) is 0 Å². The van der Waals surface area contributed by atoms with Crippen LogP contribution in [0.1, 0.15) is 58.8 Å². The highest BCUT2D eigenvalue weighted by atomic mass is 16.7. The molecule has 1 spiro atoms. The van der Waals surface area contributed by atoms with Gasteiger partial charge in [-0.05, 0) is 31.6 Å². The molecule has 21 heavy (non-hydrogen) atoms. The number of carbonyl (C=O) groups is 1. The van der Waals surface area contributed by atoms with E-state index in [9.17, 15) is 4.79 Å². The molecule has 0 N–H and O–H groups in total. The van der Waals surface area contributed by atoms with Gasteiger partial charge >= 0.3 is 0 Å². The van der Waals surface area contributed by atoms with Gasteiger partial charge in [-0.2, -0.15) is 0 Å². The summed E-state index contributed by atoms with van der Waals surface area (Å²) in [7, 11) is 0. The molecule has 120 valence electrons. The summed E-state index contributed by atoms with van der Waals surface area (Å²) < 4.78 is 11.6. The standard InChI is InChI=1S/C17H29NO3/c1-14(2)12-16(6-3-4-7-16)15(19)18-9-5-8-17(13-18)20-10-11-21-17/h14H,3-13H2,1-2H3. The normalized spacial score (nSPS) is 27.7. The van der Waals surface area contributed by atoms with E-state index >= 15 is 0 Å². The van der Waals surface area contributed by atoms with Crippen molar-refractivity contribution in [3.05, 3.63) is 0 Å². The highest BCUT2D eigenvalue weighted by Gasteiger charge is 2.48. The summed E-state index contributed by atoms with van der Waals surface area (Å²) in [5, 5.41) is 0. The third-order valence-corrected chi connectivity index (χ3v) is 5.33. The van der Waals surface area contributed by atoms with Gasteiger partial charge in [-0.1, -0.05) is 26.7 Å². The molecular formula is C17H29NO3. The second kappa shape index (κ2) is 5.88. The average molecular weight is 295 g/mol. The van der Waals surface area contributed by atoms with E-state index in [1.807, 2.05) is 4.90 Å². The molecule has 0 atom stereocenters. The van der Waals surface area contributed by atoms with Crippen LogP contribution in [0, 0.1) is 11.3 Å². The Balaban J connectivity index is 1.73. The van der Waals surface area contributed by atoms with Gasteiger partial charge in [0.15, 0.2) is 5.79 Å². The molecule has 0 aromatic heterocycles. The first-order chi connectivity index (χ1) is 10.1. The van der Waals surface area contributed by atoms with E-state index in [1.165, 1.54) is 12.8 Å². The van der Waals surface area contributed by atoms with Gasteiger partial charge in [-0.25, -0.2) is 0 Å². The first-order valence-electron chi connectivity index (χ1n) is 8.63. The third-order valence-electron chi connectivity index (χ3n) is 5.33. The third kappa shape index (κ3) is 2.98. The zero-order valence-corrected chi connectivity index (χ0v) is 13.5. The molecule has 0 bridgehead atoms. The van der Waals surface area contributed by atoms with E-state index in [4.69, 9.17) is 9.47 Å². The molecule has 4 heteroatoms. The largest absolute Gasteiger partial charge is 0.346 e. The molecule has 0 radical (unpaired) electrons. The number of rotatable bonds is 3. The molecule has 1 amide bonds. The van der Waals surface area contributed by atoms with Crippen LogP contribution in [0.4, 0.5) is 0 Å². The molecule has 0 unspecified atom stereocenters. The Hall–Kier alpha value is -0.610. The van der Waals surface area contributed by atoms with Crippen molar-refractivity contribution in [1.29, 1.82) is 0 Å². The van der Waals surface area contributed by atoms with Crippen molar-refractivity contribution < 1.29 is 14.3 Å². The predicted octanol–water partition coefficient (Wildman–Crippen LogP) is 2.96. The molecule has 3 fully saturated rings. The van der Waals surface area contributed by atoms with Gasteiger partial charge < -0.3 is 14.4 Å². The van der Waals surface area contributed by atoms with Gasteiger partial charge in [-0.15, -0.1) is 0 Å². The van der Waals surface area contributed by atoms with Crippen LogP contribution in [-0.2, 0) is 14.3 Å². The second-order valence-electron chi connectivity index (χ2n) is 7.52. The molecule has 0 aromatic carbocycles. The first-order valence-corrected chi connectivity index (χ1v) is 8.63. The van der Waals surface area contributed by atoms with Gasteiger partial charge in [0, 0.05) is 18.4 Å². The first kappa shape index (κ1) is 15.3. The number of hydrogen-bond donors (Lipinski definition) is 0. The van der Waals surface area contributed by atoms with E-state index in [0.717, 1.165) is 38.6 Å². The Morgan fingerprint density at radius 3 is 2.38 bits per heavy atom. The fraction of sp³-hybridized carbons (Fsp3) is 0.941. The van der Waals surface area contributed by atoms with Crippen molar-refractivity contribution in [1.82, 2.24) is 4.90 Å². The van der Waals surface area contributed by atoms with Crippen molar-refractivity contribution >= 4 is 5.91 Å². The van der Waals surface area contributed by atoms with Crippen LogP contribution in [0.15, 0.2) is 0 Å². The predicted molar refractivity (Wildman–Crippen MR) is 80.8 cm³/mol. The monoisotopic (exact) mass is 295 g/mol. The second-order valence-corrected chi connectivity index (χ2v) is 7.52. The zero-order valence-electron chi connectivity index (χ0n) is 13.5. The lowest BCUT2D eigenvalue weighted by molar-refractivity contribution is -0.196. The van der Waals surface area contributed by atoms with Gasteiger partial charge in [0.25, 0.3) is 0 Å². The van der Waals surface area contributed by atoms with E-state index in [1.54, 1.807) is 0 Å². The maximum Gasteiger partial charge on any atom is 0.228 e. The average Bonchev–Trinajstić information content (AvgIpc) is 3.08. The topological polar surface area (TPSA) is 38.8 Å². The highest BCUT2D eigenvalue weighted by Crippen LogP contribution is 2.45. The van der Waals surface area contributed by atoms with E-state index in [2.05, 4.69) is 13.8 Å². The summed E-state index contributed by atoms with van der Waals surface area (Å²) in [6.45, 7) is 7.29. The lowest BCUT2D eigenvalue weighted by Gasteiger charge is -2.42.